The molecule has 1 aliphatic heterocycles. The molecule has 1 aromatic heterocycles. The van der Waals surface area contributed by atoms with Crippen molar-refractivity contribution in [2.75, 3.05) is 23.3 Å². The van der Waals surface area contributed by atoms with Gasteiger partial charge in [-0.25, -0.2) is 0 Å². The second-order valence-corrected chi connectivity index (χ2v) is 5.75. The Bertz CT molecular complexity index is 563. The number of piperidine rings is 1. The Hall–Kier alpha value is -1.97. The van der Waals surface area contributed by atoms with Crippen LogP contribution in [0.3, 0.4) is 0 Å². The summed E-state index contributed by atoms with van der Waals surface area (Å²) in [5.74, 6) is 0.893. The molecule has 1 fully saturated rings. The van der Waals surface area contributed by atoms with E-state index < -0.39 is 0 Å². The van der Waals surface area contributed by atoms with Gasteiger partial charge in [-0.3, -0.25) is 0 Å². The van der Waals surface area contributed by atoms with Crippen molar-refractivity contribution in [3.8, 4) is 0 Å². The van der Waals surface area contributed by atoms with Crippen molar-refractivity contribution in [3.05, 3.63) is 41.3 Å². The van der Waals surface area contributed by atoms with Crippen molar-refractivity contribution >= 4 is 11.4 Å². The summed E-state index contributed by atoms with van der Waals surface area (Å²) in [6.07, 6.45) is 3.99. The standard InChI is InChI=1S/C17H23N3O/c1-13-17(14(2)21-19-13)12-18-15-6-8-16(9-7-15)20-10-4-3-5-11-20/h6-9,18H,3-5,10-12H2,1-2H3. The van der Waals surface area contributed by atoms with E-state index in [2.05, 4.69) is 39.6 Å². The van der Waals surface area contributed by atoms with E-state index in [0.717, 1.165) is 29.2 Å². The molecule has 4 heteroatoms. The molecular formula is C17H23N3O. The molecule has 0 aliphatic carbocycles. The highest BCUT2D eigenvalue weighted by molar-refractivity contribution is 5.55. The molecule has 0 spiro atoms. The quantitative estimate of drug-likeness (QED) is 0.925. The van der Waals surface area contributed by atoms with Crippen molar-refractivity contribution in [2.24, 2.45) is 0 Å². The lowest BCUT2D eigenvalue weighted by Gasteiger charge is -2.28. The van der Waals surface area contributed by atoms with Gasteiger partial charge in [0.2, 0.25) is 0 Å². The van der Waals surface area contributed by atoms with Gasteiger partial charge in [-0.2, -0.15) is 0 Å². The molecule has 0 bridgehead atoms. The van der Waals surface area contributed by atoms with E-state index in [1.807, 2.05) is 13.8 Å². The van der Waals surface area contributed by atoms with Crippen LogP contribution in [0.25, 0.3) is 0 Å². The number of hydrogen-bond donors (Lipinski definition) is 1. The van der Waals surface area contributed by atoms with Gasteiger partial charge in [0.15, 0.2) is 0 Å². The lowest BCUT2D eigenvalue weighted by molar-refractivity contribution is 0.392. The third-order valence-corrected chi connectivity index (χ3v) is 4.24. The number of nitrogens with one attached hydrogen (secondary N) is 1. The highest BCUT2D eigenvalue weighted by atomic mass is 16.5. The maximum Gasteiger partial charge on any atom is 0.138 e. The summed E-state index contributed by atoms with van der Waals surface area (Å²) in [4.78, 5) is 2.47. The van der Waals surface area contributed by atoms with Gasteiger partial charge in [0.05, 0.1) is 5.69 Å². The molecular weight excluding hydrogens is 262 g/mol. The Morgan fingerprint density at radius 3 is 2.43 bits per heavy atom. The first-order chi connectivity index (χ1) is 10.2. The van der Waals surface area contributed by atoms with Gasteiger partial charge in [0, 0.05) is 36.6 Å². The molecule has 1 aromatic carbocycles. The van der Waals surface area contributed by atoms with Crippen LogP contribution < -0.4 is 10.2 Å². The third-order valence-electron chi connectivity index (χ3n) is 4.24. The number of rotatable bonds is 4. The molecule has 3 rings (SSSR count). The van der Waals surface area contributed by atoms with Crippen LogP contribution >= 0.6 is 0 Å². The van der Waals surface area contributed by atoms with E-state index in [9.17, 15) is 0 Å². The average molecular weight is 285 g/mol. The van der Waals surface area contributed by atoms with E-state index in [1.165, 1.54) is 38.0 Å². The topological polar surface area (TPSA) is 41.3 Å². The Labute approximate surface area is 126 Å². The molecule has 0 amide bonds. The summed E-state index contributed by atoms with van der Waals surface area (Å²) in [5.41, 5.74) is 4.58. The Morgan fingerprint density at radius 1 is 1.10 bits per heavy atom. The highest BCUT2D eigenvalue weighted by Gasteiger charge is 2.11. The highest BCUT2D eigenvalue weighted by Crippen LogP contribution is 2.22. The molecule has 2 aromatic rings. The molecule has 1 N–H and O–H groups in total. The molecule has 0 saturated carbocycles. The largest absolute Gasteiger partial charge is 0.381 e. The molecule has 21 heavy (non-hydrogen) atoms. The van der Waals surface area contributed by atoms with Crippen LogP contribution in [-0.2, 0) is 6.54 Å². The molecule has 1 aliphatic rings. The summed E-state index contributed by atoms with van der Waals surface area (Å²) in [6.45, 7) is 7.06. The van der Waals surface area contributed by atoms with Crippen LogP contribution in [0, 0.1) is 13.8 Å². The van der Waals surface area contributed by atoms with Crippen LogP contribution in [0.1, 0.15) is 36.3 Å². The van der Waals surface area contributed by atoms with E-state index in [1.54, 1.807) is 0 Å². The normalized spacial score (nSPS) is 15.2. The SMILES string of the molecule is Cc1noc(C)c1CNc1ccc(N2CCCCC2)cc1. The lowest BCUT2D eigenvalue weighted by Crippen LogP contribution is -2.29. The van der Waals surface area contributed by atoms with Gasteiger partial charge < -0.3 is 14.7 Å². The smallest absolute Gasteiger partial charge is 0.138 e. The number of hydrogen-bond acceptors (Lipinski definition) is 4. The minimum atomic E-state index is 0.754. The fourth-order valence-electron chi connectivity index (χ4n) is 2.89. The molecule has 0 unspecified atom stereocenters. The molecule has 4 nitrogen and oxygen atoms in total. The molecule has 112 valence electrons. The van der Waals surface area contributed by atoms with Gasteiger partial charge in [0.1, 0.15) is 5.76 Å². The predicted octanol–water partition coefficient (Wildman–Crippen LogP) is 3.89. The summed E-state index contributed by atoms with van der Waals surface area (Å²) in [7, 11) is 0. The van der Waals surface area contributed by atoms with Gasteiger partial charge in [-0.1, -0.05) is 5.16 Å². The minimum Gasteiger partial charge on any atom is -0.381 e. The lowest BCUT2D eigenvalue weighted by atomic mass is 10.1. The molecule has 0 radical (unpaired) electrons. The van der Waals surface area contributed by atoms with Gasteiger partial charge >= 0.3 is 0 Å². The zero-order chi connectivity index (χ0) is 14.7. The zero-order valence-corrected chi connectivity index (χ0v) is 12.9. The summed E-state index contributed by atoms with van der Waals surface area (Å²) >= 11 is 0. The van der Waals surface area contributed by atoms with Crippen molar-refractivity contribution in [2.45, 2.75) is 39.7 Å². The zero-order valence-electron chi connectivity index (χ0n) is 12.9. The first-order valence-corrected chi connectivity index (χ1v) is 7.74. The number of aromatic nitrogens is 1. The van der Waals surface area contributed by atoms with E-state index in [-0.39, 0.29) is 0 Å². The van der Waals surface area contributed by atoms with Crippen molar-refractivity contribution < 1.29 is 4.52 Å². The number of aryl methyl sites for hydroxylation is 2. The average Bonchev–Trinajstić information content (AvgIpc) is 2.85. The first kappa shape index (κ1) is 14.0. The van der Waals surface area contributed by atoms with Crippen LogP contribution in [0.4, 0.5) is 11.4 Å². The molecule has 2 heterocycles. The van der Waals surface area contributed by atoms with Gasteiger partial charge in [0.25, 0.3) is 0 Å². The van der Waals surface area contributed by atoms with E-state index in [0.29, 0.717) is 0 Å². The monoisotopic (exact) mass is 285 g/mol. The number of nitrogens with zero attached hydrogens (tertiary/aromatic N) is 2. The Kier molecular flexibility index (Phi) is 4.13. The van der Waals surface area contributed by atoms with Crippen LogP contribution in [0.15, 0.2) is 28.8 Å². The van der Waals surface area contributed by atoms with Crippen LogP contribution in [0.5, 0.6) is 0 Å². The number of benzene rings is 1. The third kappa shape index (κ3) is 3.20. The molecule has 0 atom stereocenters. The van der Waals surface area contributed by atoms with Crippen LogP contribution in [0.2, 0.25) is 0 Å². The van der Waals surface area contributed by atoms with Crippen molar-refractivity contribution in [1.29, 1.82) is 0 Å². The van der Waals surface area contributed by atoms with Gasteiger partial charge in [-0.05, 0) is 57.4 Å². The maximum absolute atomic E-state index is 5.19. The summed E-state index contributed by atoms with van der Waals surface area (Å²) in [5, 5.41) is 7.42. The Balaban J connectivity index is 1.62. The van der Waals surface area contributed by atoms with E-state index >= 15 is 0 Å². The predicted molar refractivity (Wildman–Crippen MR) is 85.8 cm³/mol. The summed E-state index contributed by atoms with van der Waals surface area (Å²) in [6, 6.07) is 8.73. The molecule has 1 saturated heterocycles. The second kappa shape index (κ2) is 6.20. The number of anilines is 2. The Morgan fingerprint density at radius 2 is 1.81 bits per heavy atom. The van der Waals surface area contributed by atoms with Crippen LogP contribution in [-0.4, -0.2) is 18.2 Å². The fraction of sp³-hybridized carbons (Fsp3) is 0.471. The first-order valence-electron chi connectivity index (χ1n) is 7.74. The minimum absolute atomic E-state index is 0.754. The second-order valence-electron chi connectivity index (χ2n) is 5.75. The summed E-state index contributed by atoms with van der Waals surface area (Å²) < 4.78 is 5.19. The van der Waals surface area contributed by atoms with E-state index in [4.69, 9.17) is 4.52 Å². The van der Waals surface area contributed by atoms with Gasteiger partial charge in [-0.15, -0.1) is 0 Å². The van der Waals surface area contributed by atoms with Crippen molar-refractivity contribution in [1.82, 2.24) is 5.16 Å². The maximum atomic E-state index is 5.19. The van der Waals surface area contributed by atoms with Crippen molar-refractivity contribution in [3.63, 3.8) is 0 Å². The fourth-order valence-corrected chi connectivity index (χ4v) is 2.89.